The van der Waals surface area contributed by atoms with Gasteiger partial charge in [0.15, 0.2) is 0 Å². The highest BCUT2D eigenvalue weighted by molar-refractivity contribution is 5.60. The molecule has 0 N–H and O–H groups in total. The highest BCUT2D eigenvalue weighted by atomic mass is 16.7. The van der Waals surface area contributed by atoms with E-state index in [4.69, 9.17) is 4.74 Å². The van der Waals surface area contributed by atoms with Gasteiger partial charge in [0.2, 0.25) is 0 Å². The summed E-state index contributed by atoms with van der Waals surface area (Å²) in [7, 11) is 0. The second-order valence-electron chi connectivity index (χ2n) is 2.38. The minimum Gasteiger partial charge on any atom is -0.434 e. The molecule has 0 saturated carbocycles. The fourth-order valence-corrected chi connectivity index (χ4v) is 0.498. The van der Waals surface area contributed by atoms with Gasteiger partial charge in [-0.25, -0.2) is 4.79 Å². The van der Waals surface area contributed by atoms with Gasteiger partial charge in [0.25, 0.3) is 0 Å². The van der Waals surface area contributed by atoms with E-state index in [1.807, 2.05) is 6.92 Å². The first-order valence-electron chi connectivity index (χ1n) is 3.83. The van der Waals surface area contributed by atoms with Crippen LogP contribution in [0.4, 0.5) is 4.79 Å². The molecule has 0 bridgehead atoms. The molecule has 0 heterocycles. The minimum atomic E-state index is -0.624. The highest BCUT2D eigenvalue weighted by Gasteiger charge is 2.04. The van der Waals surface area contributed by atoms with E-state index >= 15 is 0 Å². The van der Waals surface area contributed by atoms with Crippen LogP contribution in [0.15, 0.2) is 0 Å². The Morgan fingerprint density at radius 3 is 2.73 bits per heavy atom. The summed E-state index contributed by atoms with van der Waals surface area (Å²) in [5, 5.41) is 0. The second-order valence-corrected chi connectivity index (χ2v) is 2.38. The maximum Gasteiger partial charge on any atom is 0.508 e. The Labute approximate surface area is 67.7 Å². The maximum absolute atomic E-state index is 10.6. The molecule has 0 aliphatic carbocycles. The third kappa shape index (κ3) is 7.16. The maximum atomic E-state index is 10.6. The van der Waals surface area contributed by atoms with E-state index in [2.05, 4.69) is 11.7 Å². The van der Waals surface area contributed by atoms with Gasteiger partial charge in [0.1, 0.15) is 6.10 Å². The molecule has 3 nitrogen and oxygen atoms in total. The van der Waals surface area contributed by atoms with Crippen LogP contribution in [0.5, 0.6) is 0 Å². The number of rotatable bonds is 4. The average molecular weight is 159 g/mol. The molecule has 0 rings (SSSR count). The van der Waals surface area contributed by atoms with E-state index in [0.29, 0.717) is 6.61 Å². The summed E-state index contributed by atoms with van der Waals surface area (Å²) in [4.78, 5) is 10.6. The van der Waals surface area contributed by atoms with Crippen LogP contribution in [0.1, 0.15) is 26.7 Å². The van der Waals surface area contributed by atoms with Crippen molar-refractivity contribution in [3.05, 3.63) is 6.92 Å². The number of hydrogen-bond donors (Lipinski definition) is 0. The van der Waals surface area contributed by atoms with Crippen molar-refractivity contribution in [1.82, 2.24) is 0 Å². The van der Waals surface area contributed by atoms with Gasteiger partial charge in [-0.15, -0.1) is 0 Å². The molecule has 1 radical (unpaired) electrons. The van der Waals surface area contributed by atoms with Gasteiger partial charge < -0.3 is 9.47 Å². The Morgan fingerprint density at radius 1 is 1.64 bits per heavy atom. The first-order valence-corrected chi connectivity index (χ1v) is 3.83. The van der Waals surface area contributed by atoms with Crippen LogP contribution in [0.3, 0.4) is 0 Å². The first-order chi connectivity index (χ1) is 5.16. The molecule has 0 aromatic heterocycles. The van der Waals surface area contributed by atoms with Crippen LogP contribution in [0, 0.1) is 6.92 Å². The molecule has 0 spiro atoms. The van der Waals surface area contributed by atoms with Crippen LogP contribution in [-0.4, -0.2) is 18.9 Å². The fraction of sp³-hybridized carbons (Fsp3) is 0.750. The van der Waals surface area contributed by atoms with Crippen molar-refractivity contribution in [3.63, 3.8) is 0 Å². The quantitative estimate of drug-likeness (QED) is 0.465. The molecule has 0 fully saturated rings. The molecule has 0 amide bonds. The van der Waals surface area contributed by atoms with Crippen LogP contribution in [-0.2, 0) is 9.47 Å². The zero-order chi connectivity index (χ0) is 8.69. The van der Waals surface area contributed by atoms with Gasteiger partial charge >= 0.3 is 6.16 Å². The van der Waals surface area contributed by atoms with Crippen molar-refractivity contribution in [2.75, 3.05) is 6.61 Å². The van der Waals surface area contributed by atoms with E-state index < -0.39 is 6.16 Å². The van der Waals surface area contributed by atoms with Crippen molar-refractivity contribution < 1.29 is 14.3 Å². The lowest BCUT2D eigenvalue weighted by Crippen LogP contribution is -2.13. The lowest BCUT2D eigenvalue weighted by atomic mass is 10.4. The van der Waals surface area contributed by atoms with Crippen molar-refractivity contribution in [3.8, 4) is 0 Å². The lowest BCUT2D eigenvalue weighted by molar-refractivity contribution is 0.0405. The summed E-state index contributed by atoms with van der Waals surface area (Å²) in [6.45, 7) is 7.62. The average Bonchev–Trinajstić information content (AvgIpc) is 1.86. The van der Waals surface area contributed by atoms with E-state index in [1.165, 1.54) is 0 Å². The van der Waals surface area contributed by atoms with E-state index in [9.17, 15) is 4.79 Å². The van der Waals surface area contributed by atoms with E-state index in [-0.39, 0.29) is 6.10 Å². The van der Waals surface area contributed by atoms with Gasteiger partial charge in [0.05, 0.1) is 6.61 Å². The predicted octanol–water partition coefficient (Wildman–Crippen LogP) is 2.16. The third-order valence-electron chi connectivity index (χ3n) is 1.02. The highest BCUT2D eigenvalue weighted by Crippen LogP contribution is 1.94. The molecule has 0 aromatic carbocycles. The minimum absolute atomic E-state index is 0.343. The van der Waals surface area contributed by atoms with Gasteiger partial charge in [-0.3, -0.25) is 0 Å². The molecule has 11 heavy (non-hydrogen) atoms. The zero-order valence-electron chi connectivity index (χ0n) is 7.13. The first kappa shape index (κ1) is 10.3. The van der Waals surface area contributed by atoms with Gasteiger partial charge in [-0.05, 0) is 20.3 Å². The van der Waals surface area contributed by atoms with Gasteiger partial charge in [-0.2, -0.15) is 0 Å². The molecule has 0 aliphatic heterocycles. The number of unbranched alkanes of at least 4 members (excludes halogenated alkanes) is 1. The Bertz CT molecular complexity index is 110. The summed E-state index contributed by atoms with van der Waals surface area (Å²) in [6, 6.07) is 0. The van der Waals surface area contributed by atoms with Crippen LogP contribution in [0.25, 0.3) is 0 Å². The van der Waals surface area contributed by atoms with Gasteiger partial charge in [0, 0.05) is 0 Å². The number of ether oxygens (including phenoxy) is 2. The smallest absolute Gasteiger partial charge is 0.434 e. The van der Waals surface area contributed by atoms with Crippen molar-refractivity contribution in [2.24, 2.45) is 0 Å². The zero-order valence-corrected chi connectivity index (χ0v) is 7.13. The molecule has 0 aliphatic rings. The number of carbonyl (C=O) groups excluding carboxylic acids is 1. The molecule has 0 saturated heterocycles. The van der Waals surface area contributed by atoms with Crippen molar-refractivity contribution >= 4 is 6.16 Å². The third-order valence-corrected chi connectivity index (χ3v) is 1.02. The Kier molecular flexibility index (Phi) is 5.61. The van der Waals surface area contributed by atoms with E-state index in [1.54, 1.807) is 6.92 Å². The summed E-state index contributed by atoms with van der Waals surface area (Å²) < 4.78 is 9.32. The molecule has 1 atom stereocenters. The summed E-state index contributed by atoms with van der Waals surface area (Å²) in [5.41, 5.74) is 0. The normalized spacial score (nSPS) is 9.82. The number of hydrogen-bond acceptors (Lipinski definition) is 3. The van der Waals surface area contributed by atoms with Crippen LogP contribution in [0.2, 0.25) is 0 Å². The molecular formula is C8H15O3. The molecular weight excluding hydrogens is 144 g/mol. The molecule has 0 unspecified atom stereocenters. The fourth-order valence-electron chi connectivity index (χ4n) is 0.498. The van der Waals surface area contributed by atoms with Gasteiger partial charge in [-0.1, -0.05) is 13.3 Å². The molecule has 3 heteroatoms. The van der Waals surface area contributed by atoms with Crippen LogP contribution >= 0.6 is 0 Å². The lowest BCUT2D eigenvalue weighted by Gasteiger charge is -2.07. The Balaban J connectivity index is 3.23. The topological polar surface area (TPSA) is 35.5 Å². The Hall–Kier alpha value is -0.730. The largest absolute Gasteiger partial charge is 0.508 e. The Morgan fingerprint density at radius 2 is 2.27 bits per heavy atom. The van der Waals surface area contributed by atoms with E-state index in [0.717, 1.165) is 12.8 Å². The number of carbonyl (C=O) groups is 1. The predicted molar refractivity (Wildman–Crippen MR) is 42.2 cm³/mol. The van der Waals surface area contributed by atoms with Crippen molar-refractivity contribution in [2.45, 2.75) is 32.8 Å². The summed E-state index contributed by atoms with van der Waals surface area (Å²) in [6.07, 6.45) is 0.915. The molecule has 0 aromatic rings. The summed E-state index contributed by atoms with van der Waals surface area (Å²) >= 11 is 0. The monoisotopic (exact) mass is 159 g/mol. The molecule has 65 valence electrons. The SMILES string of the molecule is [CH2][C@@H](C)OC(=O)OCCCC. The summed E-state index contributed by atoms with van der Waals surface area (Å²) in [5.74, 6) is 0. The standard InChI is InChI=1S/C8H15O3/c1-4-5-6-10-8(9)11-7(2)3/h7H,2,4-6H2,1,3H3/t7-/m0/s1. The van der Waals surface area contributed by atoms with Crippen LogP contribution < -0.4 is 0 Å². The second kappa shape index (κ2) is 6.01. The van der Waals surface area contributed by atoms with Crippen molar-refractivity contribution in [1.29, 1.82) is 0 Å².